The summed E-state index contributed by atoms with van der Waals surface area (Å²) in [6.45, 7) is 2.93. The number of H-pyrrole nitrogens is 1. The van der Waals surface area contributed by atoms with Crippen molar-refractivity contribution in [2.24, 2.45) is 5.73 Å². The molecule has 2 nitrogen and oxygen atoms in total. The van der Waals surface area contributed by atoms with Gasteiger partial charge in [0.2, 0.25) is 0 Å². The average molecular weight is 363 g/mol. The van der Waals surface area contributed by atoms with Gasteiger partial charge in [-0.1, -0.05) is 18.2 Å². The van der Waals surface area contributed by atoms with Gasteiger partial charge in [-0.05, 0) is 71.9 Å². The van der Waals surface area contributed by atoms with E-state index in [0.717, 1.165) is 25.8 Å². The predicted molar refractivity (Wildman–Crippen MR) is 96.0 cm³/mol. The standard InChI is InChI=1S/C17H19BrN2S/c1-11-5-4-7-12-13(6-2-3-10-19)17(20-16(11)12)14-8-9-15(18)21-14/h4-5,7-9,20H,2-3,6,10,19H2,1H3. The number of thiophene rings is 1. The lowest BCUT2D eigenvalue weighted by molar-refractivity contribution is 0.748. The van der Waals surface area contributed by atoms with Crippen molar-refractivity contribution in [2.75, 3.05) is 6.54 Å². The van der Waals surface area contributed by atoms with Crippen LogP contribution in [-0.2, 0) is 6.42 Å². The Morgan fingerprint density at radius 1 is 1.19 bits per heavy atom. The number of hydrogen-bond acceptors (Lipinski definition) is 2. The van der Waals surface area contributed by atoms with Crippen molar-refractivity contribution < 1.29 is 0 Å². The number of benzene rings is 1. The zero-order valence-electron chi connectivity index (χ0n) is 12.1. The second kappa shape index (κ2) is 6.34. The number of halogens is 1. The summed E-state index contributed by atoms with van der Waals surface area (Å²) < 4.78 is 1.17. The zero-order valence-corrected chi connectivity index (χ0v) is 14.5. The molecule has 2 heterocycles. The predicted octanol–water partition coefficient (Wildman–Crippen LogP) is 5.25. The zero-order chi connectivity index (χ0) is 14.8. The van der Waals surface area contributed by atoms with Crippen molar-refractivity contribution in [3.8, 4) is 10.6 Å². The highest BCUT2D eigenvalue weighted by Crippen LogP contribution is 2.37. The molecule has 2 aromatic heterocycles. The Bertz CT molecular complexity index is 757. The molecule has 3 aromatic rings. The maximum Gasteiger partial charge on any atom is 0.0705 e. The Hall–Kier alpha value is -1.10. The molecule has 0 aliphatic carbocycles. The molecule has 3 rings (SSSR count). The molecule has 0 aliphatic rings. The van der Waals surface area contributed by atoms with E-state index in [9.17, 15) is 0 Å². The van der Waals surface area contributed by atoms with Gasteiger partial charge in [0, 0.05) is 10.9 Å². The minimum atomic E-state index is 0.765. The molecule has 0 aliphatic heterocycles. The third kappa shape index (κ3) is 2.93. The molecule has 0 atom stereocenters. The molecule has 0 spiro atoms. The first-order valence-corrected chi connectivity index (χ1v) is 8.87. The number of aromatic nitrogens is 1. The van der Waals surface area contributed by atoms with Gasteiger partial charge in [0.1, 0.15) is 0 Å². The molecular weight excluding hydrogens is 344 g/mol. The van der Waals surface area contributed by atoms with E-state index in [2.05, 4.69) is 58.2 Å². The summed E-state index contributed by atoms with van der Waals surface area (Å²) in [5.74, 6) is 0. The summed E-state index contributed by atoms with van der Waals surface area (Å²) in [5, 5.41) is 1.35. The summed E-state index contributed by atoms with van der Waals surface area (Å²) >= 11 is 5.34. The van der Waals surface area contributed by atoms with Gasteiger partial charge in [-0.25, -0.2) is 0 Å². The number of aromatic amines is 1. The average Bonchev–Trinajstić information content (AvgIpc) is 3.04. The monoisotopic (exact) mass is 362 g/mol. The van der Waals surface area contributed by atoms with Gasteiger partial charge < -0.3 is 10.7 Å². The Morgan fingerprint density at radius 3 is 2.76 bits per heavy atom. The SMILES string of the molecule is Cc1cccc2c(CCCCN)c(-c3ccc(Br)s3)[nH]c12. The largest absolute Gasteiger partial charge is 0.353 e. The van der Waals surface area contributed by atoms with Crippen molar-refractivity contribution in [3.05, 3.63) is 45.2 Å². The number of unbranched alkanes of at least 4 members (excludes halogenated alkanes) is 1. The van der Waals surface area contributed by atoms with Crippen molar-refractivity contribution in [1.29, 1.82) is 0 Å². The Balaban J connectivity index is 2.12. The summed E-state index contributed by atoms with van der Waals surface area (Å²) in [4.78, 5) is 4.94. The normalized spacial score (nSPS) is 11.4. The van der Waals surface area contributed by atoms with E-state index in [1.165, 1.54) is 36.4 Å². The molecule has 110 valence electrons. The summed E-state index contributed by atoms with van der Waals surface area (Å²) in [5.41, 5.74) is 10.9. The third-order valence-corrected chi connectivity index (χ3v) is 5.49. The minimum absolute atomic E-state index is 0.765. The number of para-hydroxylation sites is 1. The van der Waals surface area contributed by atoms with Gasteiger partial charge in [-0.3, -0.25) is 0 Å². The highest BCUT2D eigenvalue weighted by Gasteiger charge is 2.15. The van der Waals surface area contributed by atoms with Gasteiger partial charge in [0.05, 0.1) is 14.4 Å². The number of aryl methyl sites for hydroxylation is 2. The van der Waals surface area contributed by atoms with Crippen LogP contribution in [0.1, 0.15) is 24.0 Å². The lowest BCUT2D eigenvalue weighted by Gasteiger charge is -2.03. The molecule has 0 fully saturated rings. The first kappa shape index (κ1) is 14.8. The molecule has 0 radical (unpaired) electrons. The molecule has 0 saturated carbocycles. The highest BCUT2D eigenvalue weighted by molar-refractivity contribution is 9.11. The van der Waals surface area contributed by atoms with Crippen LogP contribution in [0.15, 0.2) is 34.1 Å². The van der Waals surface area contributed by atoms with Crippen molar-refractivity contribution in [1.82, 2.24) is 4.98 Å². The first-order valence-electron chi connectivity index (χ1n) is 7.26. The van der Waals surface area contributed by atoms with E-state index in [-0.39, 0.29) is 0 Å². The second-order valence-corrected chi connectivity index (χ2v) is 7.79. The number of hydrogen-bond donors (Lipinski definition) is 2. The smallest absolute Gasteiger partial charge is 0.0705 e. The van der Waals surface area contributed by atoms with E-state index >= 15 is 0 Å². The summed E-state index contributed by atoms with van der Waals surface area (Å²) in [6.07, 6.45) is 3.29. The van der Waals surface area contributed by atoms with Crippen LogP contribution in [0.4, 0.5) is 0 Å². The van der Waals surface area contributed by atoms with Gasteiger partial charge in [0.15, 0.2) is 0 Å². The van der Waals surface area contributed by atoms with Crippen LogP contribution in [0.25, 0.3) is 21.5 Å². The van der Waals surface area contributed by atoms with Crippen LogP contribution in [-0.4, -0.2) is 11.5 Å². The molecule has 1 aromatic carbocycles. The van der Waals surface area contributed by atoms with E-state index in [4.69, 9.17) is 5.73 Å². The minimum Gasteiger partial charge on any atom is -0.353 e. The summed E-state index contributed by atoms with van der Waals surface area (Å²) in [6, 6.07) is 10.8. The quantitative estimate of drug-likeness (QED) is 0.598. The molecule has 3 N–H and O–H groups in total. The molecule has 0 unspecified atom stereocenters. The van der Waals surface area contributed by atoms with E-state index in [1.807, 2.05) is 0 Å². The Labute approximate surface area is 137 Å². The topological polar surface area (TPSA) is 41.8 Å². The van der Waals surface area contributed by atoms with Crippen LogP contribution < -0.4 is 5.73 Å². The molecular formula is C17H19BrN2S. The Kier molecular flexibility index (Phi) is 4.48. The lowest BCUT2D eigenvalue weighted by atomic mass is 10.0. The Morgan fingerprint density at radius 2 is 2.05 bits per heavy atom. The van der Waals surface area contributed by atoms with Gasteiger partial charge >= 0.3 is 0 Å². The van der Waals surface area contributed by atoms with Crippen LogP contribution in [0.3, 0.4) is 0 Å². The van der Waals surface area contributed by atoms with E-state index in [1.54, 1.807) is 11.3 Å². The molecule has 0 amide bonds. The molecule has 0 bridgehead atoms. The number of fused-ring (bicyclic) bond motifs is 1. The molecule has 4 heteroatoms. The third-order valence-electron chi connectivity index (χ3n) is 3.85. The fraction of sp³-hybridized carbons (Fsp3) is 0.294. The molecule has 21 heavy (non-hydrogen) atoms. The number of nitrogens with two attached hydrogens (primary N) is 1. The highest BCUT2D eigenvalue weighted by atomic mass is 79.9. The van der Waals surface area contributed by atoms with Crippen LogP contribution in [0.5, 0.6) is 0 Å². The van der Waals surface area contributed by atoms with Crippen LogP contribution in [0.2, 0.25) is 0 Å². The van der Waals surface area contributed by atoms with Crippen molar-refractivity contribution >= 4 is 38.2 Å². The maximum atomic E-state index is 5.65. The van der Waals surface area contributed by atoms with Crippen molar-refractivity contribution in [2.45, 2.75) is 26.2 Å². The fourth-order valence-electron chi connectivity index (χ4n) is 2.79. The maximum absolute atomic E-state index is 5.65. The summed E-state index contributed by atoms with van der Waals surface area (Å²) in [7, 11) is 0. The fourth-order valence-corrected chi connectivity index (χ4v) is 4.20. The number of nitrogens with one attached hydrogen (secondary N) is 1. The van der Waals surface area contributed by atoms with Crippen molar-refractivity contribution in [3.63, 3.8) is 0 Å². The van der Waals surface area contributed by atoms with E-state index < -0.39 is 0 Å². The van der Waals surface area contributed by atoms with Gasteiger partial charge in [-0.2, -0.15) is 0 Å². The first-order chi connectivity index (χ1) is 10.2. The number of rotatable bonds is 5. The molecule has 0 saturated heterocycles. The lowest BCUT2D eigenvalue weighted by Crippen LogP contribution is -1.99. The van der Waals surface area contributed by atoms with Crippen LogP contribution in [0, 0.1) is 6.92 Å². The van der Waals surface area contributed by atoms with Gasteiger partial charge in [0.25, 0.3) is 0 Å². The van der Waals surface area contributed by atoms with Gasteiger partial charge in [-0.15, -0.1) is 11.3 Å². The second-order valence-electron chi connectivity index (χ2n) is 5.33. The van der Waals surface area contributed by atoms with Crippen LogP contribution >= 0.6 is 27.3 Å². The van der Waals surface area contributed by atoms with E-state index in [0.29, 0.717) is 0 Å².